The smallest absolute Gasteiger partial charge is 0.0450 e. The van der Waals surface area contributed by atoms with E-state index in [1.807, 2.05) is 7.05 Å². The molecule has 12 heavy (non-hydrogen) atoms. The second-order valence-corrected chi connectivity index (χ2v) is 3.44. The van der Waals surface area contributed by atoms with E-state index in [0.29, 0.717) is 0 Å². The van der Waals surface area contributed by atoms with Gasteiger partial charge in [-0.3, -0.25) is 4.68 Å². The van der Waals surface area contributed by atoms with Crippen molar-refractivity contribution < 1.29 is 0 Å². The molecule has 0 radical (unpaired) electrons. The van der Waals surface area contributed by atoms with Gasteiger partial charge in [0.05, 0.1) is 0 Å². The molecule has 2 rings (SSSR count). The number of hydrogen-bond donors (Lipinski definition) is 1. The van der Waals surface area contributed by atoms with E-state index >= 15 is 0 Å². The molecule has 0 spiro atoms. The zero-order valence-electron chi connectivity index (χ0n) is 7.62. The predicted octanol–water partition coefficient (Wildman–Crippen LogP) is 0.690. The van der Waals surface area contributed by atoms with Crippen LogP contribution in [-0.4, -0.2) is 36.8 Å². The number of nitrogens with zero attached hydrogens (tertiary/aromatic N) is 2. The Kier molecular flexibility index (Phi) is 1.81. The maximum Gasteiger partial charge on any atom is 0.0450 e. The van der Waals surface area contributed by atoms with Crippen LogP contribution in [0.3, 0.4) is 0 Å². The Balaban J connectivity index is 2.12. The Morgan fingerprint density at radius 3 is 2.83 bits per heavy atom. The highest BCUT2D eigenvalue weighted by molar-refractivity contribution is 5.17. The van der Waals surface area contributed by atoms with Gasteiger partial charge in [-0.1, -0.05) is 0 Å². The molecule has 1 N–H and O–H groups in total. The van der Waals surface area contributed by atoms with E-state index in [1.165, 1.54) is 18.8 Å². The number of rotatable bonds is 2. The van der Waals surface area contributed by atoms with E-state index in [-0.39, 0.29) is 0 Å². The fourth-order valence-corrected chi connectivity index (χ4v) is 1.82. The van der Waals surface area contributed by atoms with E-state index in [0.717, 1.165) is 5.92 Å². The molecule has 0 bridgehead atoms. The number of likely N-dealkylation sites (tertiary alicyclic amines) is 1. The lowest BCUT2D eigenvalue weighted by atomic mass is 9.97. The quantitative estimate of drug-likeness (QED) is 0.695. The van der Waals surface area contributed by atoms with Crippen molar-refractivity contribution in [1.29, 1.82) is 0 Å². The zero-order chi connectivity index (χ0) is 8.55. The summed E-state index contributed by atoms with van der Waals surface area (Å²) in [7, 11) is 4.11. The van der Waals surface area contributed by atoms with Crippen molar-refractivity contribution in [2.24, 2.45) is 0 Å². The van der Waals surface area contributed by atoms with E-state index in [1.54, 1.807) is 0 Å². The van der Waals surface area contributed by atoms with Crippen LogP contribution in [0, 0.1) is 0 Å². The van der Waals surface area contributed by atoms with E-state index in [4.69, 9.17) is 0 Å². The average molecular weight is 165 g/mol. The first kappa shape index (κ1) is 7.68. The third-order valence-corrected chi connectivity index (χ3v) is 2.50. The first-order chi connectivity index (χ1) is 5.81. The molecular weight excluding hydrogens is 150 g/mol. The number of nitrogens with one attached hydrogen (secondary N) is 1. The van der Waals surface area contributed by atoms with Crippen LogP contribution in [0.15, 0.2) is 18.3 Å². The molecule has 0 amide bonds. The monoisotopic (exact) mass is 165 g/mol. The summed E-state index contributed by atoms with van der Waals surface area (Å²) >= 11 is 0. The van der Waals surface area contributed by atoms with Crippen LogP contribution in [0.4, 0.5) is 0 Å². The number of likely N-dealkylation sites (N-methyl/N-ethyl adjacent to an activating group) is 1. The van der Waals surface area contributed by atoms with Gasteiger partial charge in [-0.15, -0.1) is 0 Å². The minimum Gasteiger partial charge on any atom is -0.329 e. The molecule has 2 heterocycles. The van der Waals surface area contributed by atoms with E-state index in [2.05, 4.69) is 40.4 Å². The molecule has 3 heteroatoms. The maximum atomic E-state index is 3.14. The first-order valence-electron chi connectivity index (χ1n) is 4.35. The van der Waals surface area contributed by atoms with Gasteiger partial charge in [0, 0.05) is 37.9 Å². The molecule has 1 aliphatic rings. The largest absolute Gasteiger partial charge is 0.329 e. The highest BCUT2D eigenvalue weighted by Gasteiger charge is 2.26. The van der Waals surface area contributed by atoms with Crippen molar-refractivity contribution >= 4 is 0 Å². The molecule has 1 fully saturated rings. The highest BCUT2D eigenvalue weighted by atomic mass is 15.4. The highest BCUT2D eigenvalue weighted by Crippen LogP contribution is 2.24. The molecular formula is C9H15N3. The topological polar surface area (TPSA) is 20.2 Å². The van der Waals surface area contributed by atoms with Crippen LogP contribution in [-0.2, 0) is 0 Å². The Morgan fingerprint density at radius 1 is 1.50 bits per heavy atom. The van der Waals surface area contributed by atoms with Crippen LogP contribution < -0.4 is 5.43 Å². The first-order valence-corrected chi connectivity index (χ1v) is 4.35. The van der Waals surface area contributed by atoms with Crippen LogP contribution in [0.2, 0.25) is 0 Å². The Hall–Kier alpha value is -0.960. The summed E-state index contributed by atoms with van der Waals surface area (Å²) in [4.78, 5) is 2.33. The normalized spacial score (nSPS) is 19.2. The number of hydrogen-bond acceptors (Lipinski definition) is 2. The molecule has 1 saturated heterocycles. The lowest BCUT2D eigenvalue weighted by molar-refractivity contribution is 0.185. The maximum absolute atomic E-state index is 3.14. The molecule has 0 aromatic carbocycles. The van der Waals surface area contributed by atoms with Crippen LogP contribution in [0.25, 0.3) is 0 Å². The molecule has 0 atom stereocenters. The Bertz CT molecular complexity index is 260. The van der Waals surface area contributed by atoms with Crippen molar-refractivity contribution in [3.63, 3.8) is 0 Å². The van der Waals surface area contributed by atoms with Crippen LogP contribution in [0.1, 0.15) is 11.6 Å². The molecule has 1 aliphatic heterocycles. The Morgan fingerprint density at radius 2 is 2.25 bits per heavy atom. The summed E-state index contributed by atoms with van der Waals surface area (Å²) in [5.41, 5.74) is 4.54. The molecule has 1 aromatic heterocycles. The zero-order valence-corrected chi connectivity index (χ0v) is 7.62. The van der Waals surface area contributed by atoms with Gasteiger partial charge >= 0.3 is 0 Å². The van der Waals surface area contributed by atoms with E-state index in [9.17, 15) is 0 Å². The SMILES string of the molecule is CNn1cccc1C1CN(C)C1. The van der Waals surface area contributed by atoms with Gasteiger partial charge in [-0.2, -0.15) is 0 Å². The van der Waals surface area contributed by atoms with Gasteiger partial charge in [0.2, 0.25) is 0 Å². The van der Waals surface area contributed by atoms with Crippen molar-refractivity contribution in [3.05, 3.63) is 24.0 Å². The lowest BCUT2D eigenvalue weighted by Crippen LogP contribution is -2.43. The van der Waals surface area contributed by atoms with Gasteiger partial charge in [0.1, 0.15) is 0 Å². The molecule has 3 nitrogen and oxygen atoms in total. The van der Waals surface area contributed by atoms with Gasteiger partial charge in [0.25, 0.3) is 0 Å². The van der Waals surface area contributed by atoms with Crippen molar-refractivity contribution in [2.75, 3.05) is 32.6 Å². The van der Waals surface area contributed by atoms with Gasteiger partial charge in [-0.05, 0) is 19.2 Å². The third kappa shape index (κ3) is 1.10. The van der Waals surface area contributed by atoms with Crippen LogP contribution >= 0.6 is 0 Å². The summed E-state index contributed by atoms with van der Waals surface area (Å²) in [5, 5.41) is 0. The third-order valence-electron chi connectivity index (χ3n) is 2.50. The summed E-state index contributed by atoms with van der Waals surface area (Å²) in [6.45, 7) is 2.37. The Labute approximate surface area is 72.9 Å². The molecule has 0 aliphatic carbocycles. The molecule has 0 saturated carbocycles. The minimum atomic E-state index is 0.720. The number of aromatic nitrogens is 1. The lowest BCUT2D eigenvalue weighted by Gasteiger charge is -2.36. The molecule has 0 unspecified atom stereocenters. The second kappa shape index (κ2) is 2.83. The predicted molar refractivity (Wildman–Crippen MR) is 50.0 cm³/mol. The van der Waals surface area contributed by atoms with Crippen molar-refractivity contribution in [1.82, 2.24) is 9.58 Å². The van der Waals surface area contributed by atoms with Crippen molar-refractivity contribution in [3.8, 4) is 0 Å². The molecule has 66 valence electrons. The van der Waals surface area contributed by atoms with Gasteiger partial charge < -0.3 is 10.3 Å². The minimum absolute atomic E-state index is 0.720. The molecule has 1 aromatic rings. The summed E-state index contributed by atoms with van der Waals surface area (Å²) in [5.74, 6) is 0.720. The van der Waals surface area contributed by atoms with E-state index < -0.39 is 0 Å². The average Bonchev–Trinajstić information content (AvgIpc) is 2.45. The fourth-order valence-electron chi connectivity index (χ4n) is 1.82. The van der Waals surface area contributed by atoms with Crippen LogP contribution in [0.5, 0.6) is 0 Å². The van der Waals surface area contributed by atoms with Crippen molar-refractivity contribution in [2.45, 2.75) is 5.92 Å². The van der Waals surface area contributed by atoms with Gasteiger partial charge in [0.15, 0.2) is 0 Å². The summed E-state index contributed by atoms with van der Waals surface area (Å²) < 4.78 is 2.09. The standard InChI is InChI=1S/C9H15N3/c1-10-12-5-3-4-9(12)8-6-11(2)7-8/h3-5,8,10H,6-7H2,1-2H3. The van der Waals surface area contributed by atoms with Gasteiger partial charge in [-0.25, -0.2) is 0 Å². The second-order valence-electron chi connectivity index (χ2n) is 3.44. The summed E-state index contributed by atoms with van der Waals surface area (Å²) in [6, 6.07) is 4.28. The fraction of sp³-hybridized carbons (Fsp3) is 0.556. The summed E-state index contributed by atoms with van der Waals surface area (Å²) in [6.07, 6.45) is 2.06.